The summed E-state index contributed by atoms with van der Waals surface area (Å²) in [4.78, 5) is 24.9. The fraction of sp³-hybridized carbons (Fsp3) is 0.350. The van der Waals surface area contributed by atoms with E-state index < -0.39 is 0 Å². The number of rotatable bonds is 5. The summed E-state index contributed by atoms with van der Waals surface area (Å²) in [7, 11) is 1.58. The summed E-state index contributed by atoms with van der Waals surface area (Å²) >= 11 is 0. The quantitative estimate of drug-likeness (QED) is 0.600. The van der Waals surface area contributed by atoms with E-state index in [2.05, 4.69) is 20.3 Å². The molecular formula is C20H23N5O2. The predicted molar refractivity (Wildman–Crippen MR) is 104 cm³/mol. The van der Waals surface area contributed by atoms with Gasteiger partial charge in [0.05, 0.1) is 18.1 Å². The van der Waals surface area contributed by atoms with Crippen LogP contribution in [0.2, 0.25) is 0 Å². The molecule has 4 rings (SSSR count). The predicted octanol–water partition coefficient (Wildman–Crippen LogP) is 2.88. The molecule has 0 atom stereocenters. The Morgan fingerprint density at radius 2 is 2.07 bits per heavy atom. The average Bonchev–Trinajstić information content (AvgIpc) is 3.14. The third kappa shape index (κ3) is 3.50. The van der Waals surface area contributed by atoms with Crippen molar-refractivity contribution in [1.82, 2.24) is 15.0 Å². The van der Waals surface area contributed by atoms with E-state index in [1.54, 1.807) is 25.4 Å². The summed E-state index contributed by atoms with van der Waals surface area (Å²) in [5.41, 5.74) is 7.76. The normalized spacial score (nSPS) is 19.8. The monoisotopic (exact) mass is 365 g/mol. The number of anilines is 1. The lowest BCUT2D eigenvalue weighted by Crippen LogP contribution is -2.33. The molecule has 2 heterocycles. The van der Waals surface area contributed by atoms with Crippen LogP contribution >= 0.6 is 0 Å². The van der Waals surface area contributed by atoms with E-state index in [4.69, 9.17) is 10.5 Å². The number of aromatic amines is 1. The number of methoxy groups -OCH3 is 1. The molecule has 7 heteroatoms. The molecule has 0 spiro atoms. The minimum atomic E-state index is -0.0938. The fourth-order valence-corrected chi connectivity index (χ4v) is 3.63. The fourth-order valence-electron chi connectivity index (χ4n) is 3.63. The molecule has 0 saturated heterocycles. The smallest absolute Gasteiger partial charge is 0.195 e. The maximum Gasteiger partial charge on any atom is 0.195 e. The van der Waals surface area contributed by atoms with Crippen LogP contribution < -0.4 is 15.8 Å². The van der Waals surface area contributed by atoms with Crippen LogP contribution in [0.3, 0.4) is 0 Å². The van der Waals surface area contributed by atoms with Gasteiger partial charge in [0.25, 0.3) is 0 Å². The number of fused-ring (bicyclic) bond motifs is 1. The standard InChI is InChI=1S/C20H23N5O2/c1-27-15-4-2-3-12(9-15)18(26)16-10-22-19-17(16)20(24-11-23-19)25-14-7-5-13(21)6-8-14/h2-4,9-11,13-14H,5-8,21H2,1H3,(H2,22,23,24,25). The van der Waals surface area contributed by atoms with Crippen LogP contribution in [0, 0.1) is 0 Å². The van der Waals surface area contributed by atoms with Crippen LogP contribution in [0.4, 0.5) is 5.82 Å². The Balaban J connectivity index is 1.68. The van der Waals surface area contributed by atoms with Gasteiger partial charge in [0.15, 0.2) is 5.78 Å². The molecule has 1 aromatic carbocycles. The topological polar surface area (TPSA) is 106 Å². The SMILES string of the molecule is COc1cccc(C(=O)c2c[nH]c3ncnc(NC4CCC(N)CC4)c23)c1. The van der Waals surface area contributed by atoms with Gasteiger partial charge >= 0.3 is 0 Å². The van der Waals surface area contributed by atoms with E-state index >= 15 is 0 Å². The molecular weight excluding hydrogens is 342 g/mol. The Labute approximate surface area is 157 Å². The zero-order valence-electron chi connectivity index (χ0n) is 15.2. The summed E-state index contributed by atoms with van der Waals surface area (Å²) < 4.78 is 5.24. The van der Waals surface area contributed by atoms with Crippen LogP contribution in [0.15, 0.2) is 36.8 Å². The Morgan fingerprint density at radius 3 is 2.85 bits per heavy atom. The number of ether oxygens (including phenoxy) is 1. The molecule has 1 saturated carbocycles. The van der Waals surface area contributed by atoms with Gasteiger partial charge < -0.3 is 20.8 Å². The first kappa shape index (κ1) is 17.5. The molecule has 2 aromatic heterocycles. The van der Waals surface area contributed by atoms with Crippen molar-refractivity contribution in [2.45, 2.75) is 37.8 Å². The van der Waals surface area contributed by atoms with Crippen molar-refractivity contribution in [3.63, 3.8) is 0 Å². The average molecular weight is 365 g/mol. The number of H-pyrrole nitrogens is 1. The molecule has 0 amide bonds. The number of ketones is 1. The number of nitrogens with zero attached hydrogens (tertiary/aromatic N) is 2. The van der Waals surface area contributed by atoms with Gasteiger partial charge in [-0.1, -0.05) is 12.1 Å². The van der Waals surface area contributed by atoms with E-state index in [1.807, 2.05) is 12.1 Å². The summed E-state index contributed by atoms with van der Waals surface area (Å²) in [5, 5.41) is 4.22. The van der Waals surface area contributed by atoms with Gasteiger partial charge in [0.1, 0.15) is 23.5 Å². The van der Waals surface area contributed by atoms with Gasteiger partial charge in [0, 0.05) is 23.8 Å². The molecule has 0 unspecified atom stereocenters. The molecule has 1 aliphatic carbocycles. The maximum absolute atomic E-state index is 13.1. The third-order valence-corrected chi connectivity index (χ3v) is 5.16. The second-order valence-corrected chi connectivity index (χ2v) is 6.97. The highest BCUT2D eigenvalue weighted by Crippen LogP contribution is 2.29. The molecule has 4 N–H and O–H groups in total. The summed E-state index contributed by atoms with van der Waals surface area (Å²) in [6.07, 6.45) is 7.19. The van der Waals surface area contributed by atoms with Crippen molar-refractivity contribution < 1.29 is 9.53 Å². The van der Waals surface area contributed by atoms with Crippen LogP contribution in [0.25, 0.3) is 11.0 Å². The van der Waals surface area contributed by atoms with Gasteiger partial charge in [-0.3, -0.25) is 4.79 Å². The van der Waals surface area contributed by atoms with Gasteiger partial charge in [-0.25, -0.2) is 9.97 Å². The number of nitrogens with two attached hydrogens (primary N) is 1. The summed E-state index contributed by atoms with van der Waals surface area (Å²) in [6.45, 7) is 0. The van der Waals surface area contributed by atoms with Crippen molar-refractivity contribution in [1.29, 1.82) is 0 Å². The second-order valence-electron chi connectivity index (χ2n) is 6.97. The maximum atomic E-state index is 13.1. The van der Waals surface area contributed by atoms with E-state index in [1.165, 1.54) is 6.33 Å². The lowest BCUT2D eigenvalue weighted by molar-refractivity contribution is 0.104. The molecule has 0 bridgehead atoms. The van der Waals surface area contributed by atoms with Crippen molar-refractivity contribution in [3.8, 4) is 5.75 Å². The van der Waals surface area contributed by atoms with Crippen molar-refractivity contribution in [3.05, 3.63) is 47.9 Å². The molecule has 7 nitrogen and oxygen atoms in total. The molecule has 1 aliphatic rings. The van der Waals surface area contributed by atoms with Gasteiger partial charge in [-0.2, -0.15) is 0 Å². The van der Waals surface area contributed by atoms with Gasteiger partial charge in [-0.15, -0.1) is 0 Å². The Kier molecular flexibility index (Phi) is 4.77. The largest absolute Gasteiger partial charge is 0.497 e. The number of carbonyl (C=O) groups excluding carboxylic acids is 1. The number of aromatic nitrogens is 3. The van der Waals surface area contributed by atoms with Crippen molar-refractivity contribution in [2.24, 2.45) is 5.73 Å². The van der Waals surface area contributed by atoms with E-state index in [0.29, 0.717) is 34.4 Å². The summed E-state index contributed by atoms with van der Waals surface area (Å²) in [5.74, 6) is 1.24. The van der Waals surface area contributed by atoms with Crippen molar-refractivity contribution >= 4 is 22.6 Å². The second kappa shape index (κ2) is 7.36. The Hall–Kier alpha value is -2.93. The molecule has 27 heavy (non-hydrogen) atoms. The minimum Gasteiger partial charge on any atom is -0.497 e. The number of carbonyl (C=O) groups is 1. The summed E-state index contributed by atoms with van der Waals surface area (Å²) in [6, 6.07) is 7.73. The third-order valence-electron chi connectivity index (χ3n) is 5.16. The molecule has 0 aliphatic heterocycles. The van der Waals surface area contributed by atoms with Crippen LogP contribution in [0.5, 0.6) is 5.75 Å². The van der Waals surface area contributed by atoms with Crippen LogP contribution in [-0.4, -0.2) is 39.9 Å². The first-order valence-electron chi connectivity index (χ1n) is 9.18. The molecule has 3 aromatic rings. The van der Waals surface area contributed by atoms with Crippen LogP contribution in [-0.2, 0) is 0 Å². The highest BCUT2D eigenvalue weighted by atomic mass is 16.5. The van der Waals surface area contributed by atoms with E-state index in [9.17, 15) is 4.79 Å². The first-order chi connectivity index (χ1) is 13.2. The Bertz CT molecular complexity index is 960. The molecule has 0 radical (unpaired) electrons. The number of hydrogen-bond donors (Lipinski definition) is 3. The zero-order chi connectivity index (χ0) is 18.8. The van der Waals surface area contributed by atoms with Gasteiger partial charge in [0.2, 0.25) is 0 Å². The lowest BCUT2D eigenvalue weighted by Gasteiger charge is -2.27. The Morgan fingerprint density at radius 1 is 1.26 bits per heavy atom. The highest BCUT2D eigenvalue weighted by Gasteiger charge is 2.23. The number of hydrogen-bond acceptors (Lipinski definition) is 6. The van der Waals surface area contributed by atoms with Gasteiger partial charge in [-0.05, 0) is 37.8 Å². The van der Waals surface area contributed by atoms with Crippen LogP contribution in [0.1, 0.15) is 41.6 Å². The molecule has 140 valence electrons. The first-order valence-corrected chi connectivity index (χ1v) is 9.18. The molecule has 1 fully saturated rings. The van der Waals surface area contributed by atoms with Crippen molar-refractivity contribution in [2.75, 3.05) is 12.4 Å². The minimum absolute atomic E-state index is 0.0938. The highest BCUT2D eigenvalue weighted by molar-refractivity contribution is 6.18. The zero-order valence-corrected chi connectivity index (χ0v) is 15.2. The number of benzene rings is 1. The number of nitrogens with one attached hydrogen (secondary N) is 2. The van der Waals surface area contributed by atoms with E-state index in [0.717, 1.165) is 31.1 Å². The lowest BCUT2D eigenvalue weighted by atomic mass is 9.92. The van der Waals surface area contributed by atoms with E-state index in [-0.39, 0.29) is 11.8 Å².